The standard InChI is InChI=1S/C11H13N5O/c1-7-5-12-6-8(7)11-15-10(16-17-11)9-13-3-2-4-14-9/h2-4,7-8,12H,5-6H2,1H3. The molecule has 2 unspecified atom stereocenters. The van der Waals surface area contributed by atoms with Crippen molar-refractivity contribution in [1.29, 1.82) is 0 Å². The number of aromatic nitrogens is 4. The number of nitrogens with one attached hydrogen (secondary N) is 1. The SMILES string of the molecule is CC1CNCC1c1nc(-c2ncccn2)no1. The van der Waals surface area contributed by atoms with Gasteiger partial charge in [0.05, 0.1) is 5.92 Å². The van der Waals surface area contributed by atoms with Crippen LogP contribution < -0.4 is 5.32 Å². The molecule has 6 nitrogen and oxygen atoms in total. The molecule has 1 aliphatic rings. The first-order valence-electron chi connectivity index (χ1n) is 5.66. The molecule has 0 spiro atoms. The molecule has 2 atom stereocenters. The highest BCUT2D eigenvalue weighted by molar-refractivity contribution is 5.40. The van der Waals surface area contributed by atoms with E-state index in [4.69, 9.17) is 4.52 Å². The Morgan fingerprint density at radius 3 is 2.76 bits per heavy atom. The van der Waals surface area contributed by atoms with Crippen LogP contribution in [0.5, 0.6) is 0 Å². The molecule has 1 aliphatic heterocycles. The van der Waals surface area contributed by atoms with Gasteiger partial charge >= 0.3 is 0 Å². The van der Waals surface area contributed by atoms with E-state index < -0.39 is 0 Å². The average molecular weight is 231 g/mol. The van der Waals surface area contributed by atoms with E-state index in [2.05, 4.69) is 32.3 Å². The minimum atomic E-state index is 0.292. The fourth-order valence-electron chi connectivity index (χ4n) is 2.03. The first-order valence-corrected chi connectivity index (χ1v) is 5.66. The molecule has 1 N–H and O–H groups in total. The predicted octanol–water partition coefficient (Wildman–Crippen LogP) is 0.849. The molecule has 88 valence electrons. The Kier molecular flexibility index (Phi) is 2.56. The largest absolute Gasteiger partial charge is 0.338 e. The summed E-state index contributed by atoms with van der Waals surface area (Å²) < 4.78 is 5.29. The normalized spacial score (nSPS) is 24.1. The van der Waals surface area contributed by atoms with E-state index in [1.54, 1.807) is 18.5 Å². The summed E-state index contributed by atoms with van der Waals surface area (Å²) in [5.41, 5.74) is 0. The van der Waals surface area contributed by atoms with Crippen molar-refractivity contribution in [1.82, 2.24) is 25.4 Å². The predicted molar refractivity (Wildman–Crippen MR) is 60.1 cm³/mol. The number of hydrogen-bond acceptors (Lipinski definition) is 6. The Bertz CT molecular complexity index is 498. The molecule has 0 aliphatic carbocycles. The molecule has 0 saturated carbocycles. The molecule has 17 heavy (non-hydrogen) atoms. The highest BCUT2D eigenvalue weighted by Gasteiger charge is 2.29. The van der Waals surface area contributed by atoms with Crippen LogP contribution in [0.4, 0.5) is 0 Å². The first kappa shape index (κ1) is 10.3. The van der Waals surface area contributed by atoms with Gasteiger partial charge in [-0.3, -0.25) is 0 Å². The molecule has 3 rings (SSSR count). The summed E-state index contributed by atoms with van der Waals surface area (Å²) >= 11 is 0. The van der Waals surface area contributed by atoms with E-state index in [9.17, 15) is 0 Å². The van der Waals surface area contributed by atoms with Crippen molar-refractivity contribution in [2.75, 3.05) is 13.1 Å². The number of nitrogens with zero attached hydrogens (tertiary/aromatic N) is 4. The van der Waals surface area contributed by atoms with E-state index in [0.717, 1.165) is 13.1 Å². The Labute approximate surface area is 98.5 Å². The smallest absolute Gasteiger partial charge is 0.240 e. The Hall–Kier alpha value is -1.82. The lowest BCUT2D eigenvalue weighted by atomic mass is 9.98. The van der Waals surface area contributed by atoms with Gasteiger partial charge in [-0.2, -0.15) is 4.98 Å². The van der Waals surface area contributed by atoms with Gasteiger partial charge in [-0.1, -0.05) is 12.1 Å². The summed E-state index contributed by atoms with van der Waals surface area (Å²) in [4.78, 5) is 12.6. The van der Waals surface area contributed by atoms with Crippen LogP contribution in [0.1, 0.15) is 18.7 Å². The van der Waals surface area contributed by atoms with Gasteiger partial charge in [-0.05, 0) is 18.5 Å². The topological polar surface area (TPSA) is 76.7 Å². The Morgan fingerprint density at radius 2 is 2.06 bits per heavy atom. The average Bonchev–Trinajstić information content (AvgIpc) is 2.98. The van der Waals surface area contributed by atoms with Crippen LogP contribution in [0, 0.1) is 5.92 Å². The number of rotatable bonds is 2. The summed E-state index contributed by atoms with van der Waals surface area (Å²) in [6.45, 7) is 4.05. The van der Waals surface area contributed by atoms with E-state index in [-0.39, 0.29) is 0 Å². The monoisotopic (exact) mass is 231 g/mol. The third-order valence-corrected chi connectivity index (χ3v) is 3.04. The molecule has 0 aromatic carbocycles. The molecule has 1 fully saturated rings. The van der Waals surface area contributed by atoms with Crippen LogP contribution in [-0.2, 0) is 0 Å². The highest BCUT2D eigenvalue weighted by atomic mass is 16.5. The quantitative estimate of drug-likeness (QED) is 0.825. The Morgan fingerprint density at radius 1 is 1.24 bits per heavy atom. The van der Waals surface area contributed by atoms with Crippen molar-refractivity contribution in [2.45, 2.75) is 12.8 Å². The van der Waals surface area contributed by atoms with E-state index in [0.29, 0.717) is 29.4 Å². The summed E-state index contributed by atoms with van der Waals surface area (Å²) in [6.07, 6.45) is 3.33. The zero-order valence-electron chi connectivity index (χ0n) is 9.50. The van der Waals surface area contributed by atoms with Crippen LogP contribution in [-0.4, -0.2) is 33.2 Å². The molecular weight excluding hydrogens is 218 g/mol. The highest BCUT2D eigenvalue weighted by Crippen LogP contribution is 2.27. The van der Waals surface area contributed by atoms with Crippen LogP contribution in [0.2, 0.25) is 0 Å². The third-order valence-electron chi connectivity index (χ3n) is 3.04. The van der Waals surface area contributed by atoms with Crippen LogP contribution in [0.25, 0.3) is 11.6 Å². The van der Waals surface area contributed by atoms with Crippen molar-refractivity contribution in [2.24, 2.45) is 5.92 Å². The minimum Gasteiger partial charge on any atom is -0.338 e. The second-order valence-corrected chi connectivity index (χ2v) is 4.27. The summed E-state index contributed by atoms with van der Waals surface area (Å²) in [7, 11) is 0. The summed E-state index contributed by atoms with van der Waals surface area (Å²) in [5, 5.41) is 7.24. The van der Waals surface area contributed by atoms with Crippen molar-refractivity contribution in [3.63, 3.8) is 0 Å². The molecule has 0 amide bonds. The Balaban J connectivity index is 1.88. The van der Waals surface area contributed by atoms with Gasteiger partial charge < -0.3 is 9.84 Å². The van der Waals surface area contributed by atoms with Gasteiger partial charge in [0.1, 0.15) is 0 Å². The fourth-order valence-corrected chi connectivity index (χ4v) is 2.03. The van der Waals surface area contributed by atoms with Crippen LogP contribution in [0.3, 0.4) is 0 Å². The van der Waals surface area contributed by atoms with Gasteiger partial charge in [0.25, 0.3) is 0 Å². The second-order valence-electron chi connectivity index (χ2n) is 4.27. The van der Waals surface area contributed by atoms with Gasteiger partial charge in [-0.15, -0.1) is 0 Å². The lowest BCUT2D eigenvalue weighted by Gasteiger charge is -2.07. The minimum absolute atomic E-state index is 0.292. The first-order chi connectivity index (χ1) is 8.34. The maximum atomic E-state index is 5.29. The van der Waals surface area contributed by atoms with E-state index in [1.165, 1.54) is 0 Å². The zero-order valence-corrected chi connectivity index (χ0v) is 9.50. The van der Waals surface area contributed by atoms with Crippen molar-refractivity contribution < 1.29 is 4.52 Å². The lowest BCUT2D eigenvalue weighted by Crippen LogP contribution is -2.08. The zero-order chi connectivity index (χ0) is 11.7. The van der Waals surface area contributed by atoms with Crippen molar-refractivity contribution in [3.05, 3.63) is 24.4 Å². The maximum absolute atomic E-state index is 5.29. The van der Waals surface area contributed by atoms with Crippen molar-refractivity contribution >= 4 is 0 Å². The van der Waals surface area contributed by atoms with Gasteiger partial charge in [0.15, 0.2) is 0 Å². The summed E-state index contributed by atoms with van der Waals surface area (Å²) in [6, 6.07) is 1.76. The van der Waals surface area contributed by atoms with Gasteiger partial charge in [0.2, 0.25) is 17.5 Å². The molecule has 3 heterocycles. The van der Waals surface area contributed by atoms with Gasteiger partial charge in [-0.25, -0.2) is 9.97 Å². The van der Waals surface area contributed by atoms with Gasteiger partial charge in [0, 0.05) is 18.9 Å². The third kappa shape index (κ3) is 1.91. The van der Waals surface area contributed by atoms with Crippen molar-refractivity contribution in [3.8, 4) is 11.6 Å². The summed E-state index contributed by atoms with van der Waals surface area (Å²) in [5.74, 6) is 2.44. The molecule has 2 aromatic rings. The second kappa shape index (κ2) is 4.21. The lowest BCUT2D eigenvalue weighted by molar-refractivity contribution is 0.340. The molecule has 0 bridgehead atoms. The van der Waals surface area contributed by atoms with E-state index in [1.807, 2.05) is 0 Å². The molecule has 0 radical (unpaired) electrons. The van der Waals surface area contributed by atoms with E-state index >= 15 is 0 Å². The molecule has 2 aromatic heterocycles. The maximum Gasteiger partial charge on any atom is 0.240 e. The molecule has 6 heteroatoms. The molecule has 1 saturated heterocycles. The van der Waals surface area contributed by atoms with Crippen LogP contribution in [0.15, 0.2) is 23.0 Å². The fraction of sp³-hybridized carbons (Fsp3) is 0.455. The van der Waals surface area contributed by atoms with Crippen LogP contribution >= 0.6 is 0 Å². The molecular formula is C11H13N5O. The number of hydrogen-bond donors (Lipinski definition) is 1.